The molecule has 0 bridgehead atoms. The van der Waals surface area contributed by atoms with E-state index in [0.717, 1.165) is 45.0 Å². The molecule has 1 aromatic heterocycles. The highest BCUT2D eigenvalue weighted by Crippen LogP contribution is 2.23. The highest BCUT2D eigenvalue weighted by Gasteiger charge is 2.19. The molecule has 1 N–H and O–H groups in total. The fourth-order valence-corrected chi connectivity index (χ4v) is 3.05. The van der Waals surface area contributed by atoms with Crippen LogP contribution in [0.1, 0.15) is 5.56 Å². The van der Waals surface area contributed by atoms with Gasteiger partial charge in [0.1, 0.15) is 0 Å². The monoisotopic (exact) mass is 300 g/mol. The zero-order chi connectivity index (χ0) is 15.4. The van der Waals surface area contributed by atoms with E-state index >= 15 is 0 Å². The highest BCUT2D eigenvalue weighted by atomic mass is 16.3. The number of benzene rings is 1. The zero-order valence-electron chi connectivity index (χ0n) is 13.1. The van der Waals surface area contributed by atoms with Crippen LogP contribution in [0, 0.1) is 0 Å². The molecule has 0 aliphatic carbocycles. The summed E-state index contributed by atoms with van der Waals surface area (Å²) in [4.78, 5) is 4.79. The van der Waals surface area contributed by atoms with Crippen molar-refractivity contribution in [2.24, 2.45) is 7.05 Å². The lowest BCUT2D eigenvalue weighted by Crippen LogP contribution is -2.46. The Morgan fingerprint density at radius 1 is 1.05 bits per heavy atom. The first-order valence-corrected chi connectivity index (χ1v) is 7.90. The molecule has 5 heteroatoms. The molecule has 2 heterocycles. The number of hydrogen-bond donors (Lipinski definition) is 1. The van der Waals surface area contributed by atoms with Gasteiger partial charge in [-0.3, -0.25) is 14.5 Å². The van der Waals surface area contributed by atoms with Gasteiger partial charge in [0.2, 0.25) is 0 Å². The van der Waals surface area contributed by atoms with Crippen molar-refractivity contribution in [3.63, 3.8) is 0 Å². The first kappa shape index (κ1) is 15.2. The fourth-order valence-electron chi connectivity index (χ4n) is 3.05. The smallest absolute Gasteiger partial charge is 0.0968 e. The summed E-state index contributed by atoms with van der Waals surface area (Å²) in [6.07, 6.45) is 2.13. The van der Waals surface area contributed by atoms with Gasteiger partial charge in [0.05, 0.1) is 12.3 Å². The molecule has 22 heavy (non-hydrogen) atoms. The van der Waals surface area contributed by atoms with E-state index in [4.69, 9.17) is 5.11 Å². The van der Waals surface area contributed by atoms with E-state index < -0.39 is 0 Å². The molecule has 0 atom stereocenters. The minimum atomic E-state index is 0.251. The van der Waals surface area contributed by atoms with Crippen LogP contribution in [0.4, 0.5) is 0 Å². The Bertz CT molecular complexity index is 588. The van der Waals surface area contributed by atoms with Gasteiger partial charge in [0.25, 0.3) is 0 Å². The molecule has 0 unspecified atom stereocenters. The summed E-state index contributed by atoms with van der Waals surface area (Å²) in [5.74, 6) is 0. The van der Waals surface area contributed by atoms with Crippen LogP contribution in [0.3, 0.4) is 0 Å². The van der Waals surface area contributed by atoms with Gasteiger partial charge in [-0.2, -0.15) is 5.10 Å². The SMILES string of the molecule is Cn1cc(CN2CCN(CCO)CC2)c(-c2ccccc2)n1. The number of rotatable bonds is 5. The minimum Gasteiger partial charge on any atom is -0.395 e. The van der Waals surface area contributed by atoms with Crippen molar-refractivity contribution in [2.45, 2.75) is 6.54 Å². The third-order valence-corrected chi connectivity index (χ3v) is 4.23. The number of nitrogens with zero attached hydrogens (tertiary/aromatic N) is 4. The summed E-state index contributed by atoms with van der Waals surface area (Å²) in [6, 6.07) is 10.4. The second-order valence-corrected chi connectivity index (χ2v) is 5.88. The van der Waals surface area contributed by atoms with E-state index in [0.29, 0.717) is 0 Å². The number of aliphatic hydroxyl groups is 1. The first-order valence-electron chi connectivity index (χ1n) is 7.90. The van der Waals surface area contributed by atoms with E-state index in [9.17, 15) is 0 Å². The first-order chi connectivity index (χ1) is 10.8. The summed E-state index contributed by atoms with van der Waals surface area (Å²) >= 11 is 0. The Morgan fingerprint density at radius 3 is 2.41 bits per heavy atom. The minimum absolute atomic E-state index is 0.251. The number of hydrogen-bond acceptors (Lipinski definition) is 4. The van der Waals surface area contributed by atoms with E-state index in [1.807, 2.05) is 17.8 Å². The van der Waals surface area contributed by atoms with E-state index in [2.05, 4.69) is 45.4 Å². The van der Waals surface area contributed by atoms with Crippen molar-refractivity contribution in [3.8, 4) is 11.3 Å². The quantitative estimate of drug-likeness (QED) is 0.901. The Balaban J connectivity index is 1.69. The van der Waals surface area contributed by atoms with Crippen LogP contribution in [0.15, 0.2) is 36.5 Å². The summed E-state index contributed by atoms with van der Waals surface area (Å²) in [5.41, 5.74) is 3.54. The van der Waals surface area contributed by atoms with E-state index in [-0.39, 0.29) is 6.61 Å². The molecular formula is C17H24N4O. The topological polar surface area (TPSA) is 44.5 Å². The van der Waals surface area contributed by atoms with Crippen molar-refractivity contribution in [1.82, 2.24) is 19.6 Å². The second kappa shape index (κ2) is 7.05. The van der Waals surface area contributed by atoms with Gasteiger partial charge in [0.15, 0.2) is 0 Å². The maximum atomic E-state index is 9.02. The molecule has 0 amide bonds. The maximum Gasteiger partial charge on any atom is 0.0968 e. The lowest BCUT2D eigenvalue weighted by Gasteiger charge is -2.34. The predicted octanol–water partition coefficient (Wildman–Crippen LogP) is 1.20. The van der Waals surface area contributed by atoms with Gasteiger partial charge in [-0.25, -0.2) is 0 Å². The number of piperazine rings is 1. The molecule has 1 saturated heterocycles. The second-order valence-electron chi connectivity index (χ2n) is 5.88. The van der Waals surface area contributed by atoms with Crippen LogP contribution in [-0.2, 0) is 13.6 Å². The molecule has 2 aromatic rings. The standard InChI is InChI=1S/C17H24N4O/c1-19-13-16(17(18-19)15-5-3-2-4-6-15)14-21-9-7-20(8-10-21)11-12-22/h2-6,13,22H,7-12,14H2,1H3. The molecule has 3 rings (SSSR count). The van der Waals surface area contributed by atoms with Gasteiger partial charge in [-0.15, -0.1) is 0 Å². The molecule has 5 nitrogen and oxygen atoms in total. The third kappa shape index (κ3) is 3.55. The van der Waals surface area contributed by atoms with Crippen molar-refractivity contribution in [2.75, 3.05) is 39.3 Å². The number of aliphatic hydroxyl groups excluding tert-OH is 1. The third-order valence-electron chi connectivity index (χ3n) is 4.23. The predicted molar refractivity (Wildman–Crippen MR) is 87.4 cm³/mol. The van der Waals surface area contributed by atoms with Crippen LogP contribution in [0.5, 0.6) is 0 Å². The van der Waals surface area contributed by atoms with Crippen LogP contribution in [-0.4, -0.2) is 64.0 Å². The van der Waals surface area contributed by atoms with Gasteiger partial charge in [-0.1, -0.05) is 30.3 Å². The fraction of sp³-hybridized carbons (Fsp3) is 0.471. The summed E-state index contributed by atoms with van der Waals surface area (Å²) < 4.78 is 1.90. The Labute approximate surface area is 131 Å². The molecule has 1 aliphatic rings. The normalized spacial score (nSPS) is 17.0. The van der Waals surface area contributed by atoms with Gasteiger partial charge in [-0.05, 0) is 0 Å². The Kier molecular flexibility index (Phi) is 4.87. The summed E-state index contributed by atoms with van der Waals surface area (Å²) in [6.45, 7) is 6.12. The van der Waals surface area contributed by atoms with Crippen molar-refractivity contribution in [1.29, 1.82) is 0 Å². The van der Waals surface area contributed by atoms with E-state index in [1.165, 1.54) is 11.1 Å². The Morgan fingerprint density at radius 2 is 1.73 bits per heavy atom. The van der Waals surface area contributed by atoms with Gasteiger partial charge < -0.3 is 5.11 Å². The van der Waals surface area contributed by atoms with Gasteiger partial charge in [0, 0.05) is 63.6 Å². The maximum absolute atomic E-state index is 9.02. The van der Waals surface area contributed by atoms with Crippen molar-refractivity contribution in [3.05, 3.63) is 42.1 Å². The molecule has 1 aliphatic heterocycles. The summed E-state index contributed by atoms with van der Waals surface area (Å²) in [7, 11) is 1.98. The van der Waals surface area contributed by atoms with Crippen LogP contribution >= 0.6 is 0 Å². The van der Waals surface area contributed by atoms with Crippen molar-refractivity contribution >= 4 is 0 Å². The highest BCUT2D eigenvalue weighted by molar-refractivity contribution is 5.62. The molecular weight excluding hydrogens is 276 g/mol. The zero-order valence-corrected chi connectivity index (χ0v) is 13.1. The van der Waals surface area contributed by atoms with Crippen LogP contribution in [0.2, 0.25) is 0 Å². The number of aromatic nitrogens is 2. The van der Waals surface area contributed by atoms with Crippen molar-refractivity contribution < 1.29 is 5.11 Å². The molecule has 0 saturated carbocycles. The average Bonchev–Trinajstić information content (AvgIpc) is 2.91. The van der Waals surface area contributed by atoms with E-state index in [1.54, 1.807) is 0 Å². The number of β-amino-alcohol motifs (C(OH)–C–C–N with tert-alkyl or cyclic N) is 1. The lowest BCUT2D eigenvalue weighted by atomic mass is 10.1. The van der Waals surface area contributed by atoms with Crippen LogP contribution in [0.25, 0.3) is 11.3 Å². The molecule has 0 radical (unpaired) electrons. The molecule has 1 aromatic carbocycles. The molecule has 0 spiro atoms. The number of aryl methyl sites for hydroxylation is 1. The summed E-state index contributed by atoms with van der Waals surface area (Å²) in [5, 5.41) is 13.7. The average molecular weight is 300 g/mol. The Hall–Kier alpha value is -1.69. The molecule has 1 fully saturated rings. The van der Waals surface area contributed by atoms with Crippen LogP contribution < -0.4 is 0 Å². The lowest BCUT2D eigenvalue weighted by molar-refractivity contribution is 0.108. The van der Waals surface area contributed by atoms with Gasteiger partial charge >= 0.3 is 0 Å². The largest absolute Gasteiger partial charge is 0.395 e. The molecule has 118 valence electrons.